The molecule has 8 heteroatoms. The minimum absolute atomic E-state index is 0.169. The minimum atomic E-state index is -0.782. The number of likely N-dealkylation sites (tertiary alicyclic amines) is 2. The number of carbonyl (C=O) groups is 3. The van der Waals surface area contributed by atoms with E-state index in [0.717, 1.165) is 13.0 Å². The Hall–Kier alpha value is -2.61. The number of ether oxygens (including phenoxy) is 1. The van der Waals surface area contributed by atoms with Crippen molar-refractivity contribution in [2.24, 2.45) is 11.1 Å². The van der Waals surface area contributed by atoms with E-state index >= 15 is 0 Å². The lowest BCUT2D eigenvalue weighted by Crippen LogP contribution is -2.63. The van der Waals surface area contributed by atoms with Crippen LogP contribution in [0.1, 0.15) is 29.6 Å². The molecule has 146 valence electrons. The van der Waals surface area contributed by atoms with Crippen molar-refractivity contribution in [3.05, 3.63) is 29.8 Å². The number of primary amides is 1. The van der Waals surface area contributed by atoms with Crippen LogP contribution in [-0.4, -0.2) is 72.0 Å². The highest BCUT2D eigenvalue weighted by Gasteiger charge is 2.52. The maximum absolute atomic E-state index is 13.0. The van der Waals surface area contributed by atoms with Crippen molar-refractivity contribution in [2.45, 2.75) is 25.3 Å². The van der Waals surface area contributed by atoms with Gasteiger partial charge in [-0.1, -0.05) is 6.07 Å². The summed E-state index contributed by atoms with van der Waals surface area (Å²) in [5.41, 5.74) is 4.74. The normalized spacial score (nSPS) is 25.5. The number of hydrogen-bond acceptors (Lipinski definition) is 5. The summed E-state index contributed by atoms with van der Waals surface area (Å²) in [6.45, 7) is 1.36. The zero-order valence-electron chi connectivity index (χ0n) is 15.4. The van der Waals surface area contributed by atoms with Crippen molar-refractivity contribution >= 4 is 17.8 Å². The number of benzene rings is 1. The maximum atomic E-state index is 13.0. The third kappa shape index (κ3) is 3.75. The Balaban J connectivity index is 1.76. The summed E-state index contributed by atoms with van der Waals surface area (Å²) in [6, 6.07) is 6.40. The molecule has 2 atom stereocenters. The van der Waals surface area contributed by atoms with Gasteiger partial charge in [-0.15, -0.1) is 0 Å². The van der Waals surface area contributed by atoms with Crippen molar-refractivity contribution < 1.29 is 24.2 Å². The quantitative estimate of drug-likeness (QED) is 0.778. The molecular weight excluding hydrogens is 350 g/mol. The second-order valence-corrected chi connectivity index (χ2v) is 7.35. The number of amides is 2. The summed E-state index contributed by atoms with van der Waals surface area (Å²) in [7, 11) is 1.92. The largest absolute Gasteiger partial charge is 0.484 e. The van der Waals surface area contributed by atoms with Crippen LogP contribution in [0.2, 0.25) is 0 Å². The zero-order chi connectivity index (χ0) is 19.6. The van der Waals surface area contributed by atoms with E-state index in [2.05, 4.69) is 4.90 Å². The molecule has 2 aliphatic heterocycles. The molecule has 2 saturated heterocycles. The van der Waals surface area contributed by atoms with Crippen LogP contribution in [0.5, 0.6) is 5.75 Å². The van der Waals surface area contributed by atoms with Crippen LogP contribution in [0.3, 0.4) is 0 Å². The van der Waals surface area contributed by atoms with Gasteiger partial charge < -0.3 is 25.4 Å². The number of piperidine rings is 2. The van der Waals surface area contributed by atoms with Crippen molar-refractivity contribution in [2.75, 3.05) is 33.3 Å². The van der Waals surface area contributed by atoms with Crippen molar-refractivity contribution in [3.8, 4) is 5.75 Å². The number of hydrogen-bond donors (Lipinski definition) is 2. The van der Waals surface area contributed by atoms with Crippen LogP contribution < -0.4 is 10.5 Å². The Kier molecular flexibility index (Phi) is 5.36. The lowest BCUT2D eigenvalue weighted by atomic mass is 9.68. The molecule has 0 saturated carbocycles. The first kappa shape index (κ1) is 19.2. The van der Waals surface area contributed by atoms with Gasteiger partial charge in [-0.25, -0.2) is 0 Å². The summed E-state index contributed by atoms with van der Waals surface area (Å²) in [5.74, 6) is -1.13. The summed E-state index contributed by atoms with van der Waals surface area (Å²) in [5, 5.41) is 9.84. The van der Waals surface area contributed by atoms with Gasteiger partial charge in [0.15, 0.2) is 6.61 Å². The van der Waals surface area contributed by atoms with Crippen molar-refractivity contribution in [1.29, 1.82) is 0 Å². The van der Waals surface area contributed by atoms with E-state index in [1.165, 1.54) is 0 Å². The molecule has 3 N–H and O–H groups in total. The maximum Gasteiger partial charge on any atom is 0.311 e. The SMILES string of the molecule is CN1CCC[C@]2(C(=O)O)CCN(C(=O)c3cccc(OCC(N)=O)c3)C[C@@H]12. The number of nitrogens with two attached hydrogens (primary N) is 1. The van der Waals surface area contributed by atoms with Gasteiger partial charge in [-0.2, -0.15) is 0 Å². The number of fused-ring (bicyclic) bond motifs is 1. The predicted molar refractivity (Wildman–Crippen MR) is 97.4 cm³/mol. The van der Waals surface area contributed by atoms with E-state index in [-0.39, 0.29) is 18.6 Å². The molecular formula is C19H25N3O5. The van der Waals surface area contributed by atoms with Crippen LogP contribution in [0.15, 0.2) is 24.3 Å². The fraction of sp³-hybridized carbons (Fsp3) is 0.526. The number of carboxylic acid groups (broad SMARTS) is 1. The Morgan fingerprint density at radius 3 is 2.78 bits per heavy atom. The molecule has 0 radical (unpaired) electrons. The highest BCUT2D eigenvalue weighted by atomic mass is 16.5. The standard InChI is InChI=1S/C19H25N3O5/c1-21-8-3-6-19(18(25)26)7-9-22(11-15(19)21)17(24)13-4-2-5-14(10-13)27-12-16(20)23/h2,4-5,10,15H,3,6-9,11-12H2,1H3,(H2,20,23)(H,25,26)/t15-,19+/m1/s1. The first-order valence-corrected chi connectivity index (χ1v) is 9.07. The number of nitrogens with zero attached hydrogens (tertiary/aromatic N) is 2. The first-order chi connectivity index (χ1) is 12.8. The van der Waals surface area contributed by atoms with Crippen molar-refractivity contribution in [3.63, 3.8) is 0 Å². The summed E-state index contributed by atoms with van der Waals surface area (Å²) < 4.78 is 5.26. The summed E-state index contributed by atoms with van der Waals surface area (Å²) in [4.78, 5) is 39.6. The van der Waals surface area contributed by atoms with Crippen LogP contribution >= 0.6 is 0 Å². The monoisotopic (exact) mass is 375 g/mol. The summed E-state index contributed by atoms with van der Waals surface area (Å²) >= 11 is 0. The van der Waals surface area contributed by atoms with E-state index in [0.29, 0.717) is 37.2 Å². The highest BCUT2D eigenvalue weighted by molar-refractivity contribution is 5.95. The highest BCUT2D eigenvalue weighted by Crippen LogP contribution is 2.42. The van der Waals surface area contributed by atoms with E-state index in [9.17, 15) is 19.5 Å². The molecule has 3 rings (SSSR count). The molecule has 2 aliphatic rings. The van der Waals surface area contributed by atoms with Crippen molar-refractivity contribution in [1.82, 2.24) is 9.80 Å². The van der Waals surface area contributed by atoms with E-state index in [1.54, 1.807) is 29.2 Å². The van der Waals surface area contributed by atoms with E-state index < -0.39 is 17.3 Å². The Morgan fingerprint density at radius 2 is 2.07 bits per heavy atom. The fourth-order valence-electron chi connectivity index (χ4n) is 4.23. The van der Waals surface area contributed by atoms with Gasteiger partial charge >= 0.3 is 5.97 Å². The van der Waals surface area contributed by atoms with Gasteiger partial charge in [0.2, 0.25) is 0 Å². The Morgan fingerprint density at radius 1 is 1.30 bits per heavy atom. The molecule has 0 spiro atoms. The van der Waals surface area contributed by atoms with Gasteiger partial charge in [0.25, 0.3) is 11.8 Å². The predicted octanol–water partition coefficient (Wildman–Crippen LogP) is 0.562. The van der Waals surface area contributed by atoms with Gasteiger partial charge in [0.1, 0.15) is 5.75 Å². The molecule has 0 aromatic heterocycles. The fourth-order valence-corrected chi connectivity index (χ4v) is 4.23. The third-order valence-electron chi connectivity index (χ3n) is 5.70. The van der Waals surface area contributed by atoms with Crippen LogP contribution in [0.25, 0.3) is 0 Å². The molecule has 1 aromatic rings. The Bertz CT molecular complexity index is 753. The molecule has 1 aromatic carbocycles. The Labute approximate surface area is 157 Å². The van der Waals surface area contributed by atoms with Crippen LogP contribution in [0.4, 0.5) is 0 Å². The van der Waals surface area contributed by atoms with E-state index in [4.69, 9.17) is 10.5 Å². The van der Waals surface area contributed by atoms with Gasteiger partial charge in [0, 0.05) is 24.7 Å². The molecule has 0 bridgehead atoms. The van der Waals surface area contributed by atoms with Gasteiger partial charge in [-0.05, 0) is 51.1 Å². The average molecular weight is 375 g/mol. The molecule has 0 unspecified atom stereocenters. The van der Waals surface area contributed by atoms with Gasteiger partial charge in [-0.3, -0.25) is 14.4 Å². The molecule has 0 aliphatic carbocycles. The van der Waals surface area contributed by atoms with Gasteiger partial charge in [0.05, 0.1) is 5.41 Å². The smallest absolute Gasteiger partial charge is 0.311 e. The second kappa shape index (κ2) is 7.56. The minimum Gasteiger partial charge on any atom is -0.484 e. The molecule has 2 fully saturated rings. The number of carboxylic acids is 1. The number of carbonyl (C=O) groups excluding carboxylic acids is 2. The second-order valence-electron chi connectivity index (χ2n) is 7.35. The summed E-state index contributed by atoms with van der Waals surface area (Å²) in [6.07, 6.45) is 1.95. The third-order valence-corrected chi connectivity index (χ3v) is 5.70. The van der Waals surface area contributed by atoms with Crippen LogP contribution in [-0.2, 0) is 9.59 Å². The average Bonchev–Trinajstić information content (AvgIpc) is 2.66. The topological polar surface area (TPSA) is 113 Å². The molecule has 27 heavy (non-hydrogen) atoms. The number of rotatable bonds is 5. The lowest BCUT2D eigenvalue weighted by molar-refractivity contribution is -0.161. The zero-order valence-corrected chi connectivity index (χ0v) is 15.4. The molecule has 2 amide bonds. The molecule has 8 nitrogen and oxygen atoms in total. The number of aliphatic carboxylic acids is 1. The molecule has 2 heterocycles. The number of likely N-dealkylation sites (N-methyl/N-ethyl adjacent to an activating group) is 1. The first-order valence-electron chi connectivity index (χ1n) is 9.07. The van der Waals surface area contributed by atoms with E-state index in [1.807, 2.05) is 7.05 Å². The van der Waals surface area contributed by atoms with Crippen LogP contribution in [0, 0.1) is 5.41 Å². The lowest BCUT2D eigenvalue weighted by Gasteiger charge is -2.51.